The highest BCUT2D eigenvalue weighted by Crippen LogP contribution is 2.31. The van der Waals surface area contributed by atoms with Crippen LogP contribution in [0, 0.1) is 12.8 Å². The maximum absolute atomic E-state index is 12.9. The Morgan fingerprint density at radius 1 is 1.27 bits per heavy atom. The van der Waals surface area contributed by atoms with Gasteiger partial charge in [0, 0.05) is 30.6 Å². The molecule has 1 aromatic carbocycles. The lowest BCUT2D eigenvalue weighted by molar-refractivity contribution is -0.137. The molecule has 1 unspecified atom stereocenters. The summed E-state index contributed by atoms with van der Waals surface area (Å²) in [6.45, 7) is 9.46. The Morgan fingerprint density at radius 2 is 1.91 bits per heavy atom. The molecule has 0 bridgehead atoms. The van der Waals surface area contributed by atoms with E-state index < -0.39 is 11.7 Å². The minimum atomic E-state index is -4.39. The molecule has 1 aromatic heterocycles. The number of aromatic nitrogens is 2. The fraction of sp³-hybridized carbons (Fsp3) is 0.348. The van der Waals surface area contributed by atoms with Crippen molar-refractivity contribution in [3.63, 3.8) is 0 Å². The Balaban J connectivity index is 2.14. The molecule has 2 rings (SSSR count). The molecule has 178 valence electrons. The van der Waals surface area contributed by atoms with Crippen molar-refractivity contribution in [2.75, 3.05) is 6.54 Å². The molecule has 0 aliphatic rings. The molecule has 0 fully saturated rings. The average molecular weight is 463 g/mol. The van der Waals surface area contributed by atoms with E-state index in [0.29, 0.717) is 17.7 Å². The molecule has 0 aliphatic heterocycles. The summed E-state index contributed by atoms with van der Waals surface area (Å²) in [6, 6.07) is 5.06. The smallest absolute Gasteiger partial charge is 0.398 e. The molecule has 10 heteroatoms. The number of alkyl halides is 3. The number of rotatable bonds is 9. The number of allylic oxidation sites excluding steroid dienone is 1. The lowest BCUT2D eigenvalue weighted by Crippen LogP contribution is -2.29. The number of nitrogens with two attached hydrogens (primary N) is 2. The minimum Gasteiger partial charge on any atom is -0.398 e. The van der Waals surface area contributed by atoms with E-state index in [1.807, 2.05) is 13.8 Å². The van der Waals surface area contributed by atoms with Gasteiger partial charge in [-0.3, -0.25) is 9.79 Å². The van der Waals surface area contributed by atoms with Crippen LogP contribution in [0.4, 0.5) is 13.2 Å². The van der Waals surface area contributed by atoms with Crippen LogP contribution in [-0.2, 0) is 6.18 Å². The number of aliphatic imine (C=N–C) groups is 1. The van der Waals surface area contributed by atoms with Crippen LogP contribution in [0.2, 0.25) is 0 Å². The van der Waals surface area contributed by atoms with Gasteiger partial charge in [-0.1, -0.05) is 32.6 Å². The lowest BCUT2D eigenvalue weighted by atomic mass is 9.89. The lowest BCUT2D eigenvalue weighted by Gasteiger charge is -2.21. The van der Waals surface area contributed by atoms with Gasteiger partial charge in [-0.05, 0) is 37.0 Å². The first kappa shape index (κ1) is 25.7. The first-order valence-electron chi connectivity index (χ1n) is 10.3. The monoisotopic (exact) mass is 462 g/mol. The Morgan fingerprint density at radius 3 is 2.45 bits per heavy atom. The van der Waals surface area contributed by atoms with E-state index in [4.69, 9.17) is 11.5 Å². The van der Waals surface area contributed by atoms with E-state index in [2.05, 4.69) is 22.0 Å². The van der Waals surface area contributed by atoms with Crippen LogP contribution in [0.5, 0.6) is 0 Å². The van der Waals surface area contributed by atoms with Gasteiger partial charge in [0.2, 0.25) is 0 Å². The third-order valence-corrected chi connectivity index (χ3v) is 4.83. The molecule has 2 aromatic rings. The van der Waals surface area contributed by atoms with Crippen LogP contribution in [0.25, 0.3) is 5.82 Å². The van der Waals surface area contributed by atoms with Gasteiger partial charge in [0.25, 0.3) is 5.91 Å². The van der Waals surface area contributed by atoms with Gasteiger partial charge >= 0.3 is 6.18 Å². The summed E-state index contributed by atoms with van der Waals surface area (Å²) in [5.74, 6) is -0.0350. The summed E-state index contributed by atoms with van der Waals surface area (Å²) < 4.78 is 40.0. The number of hydrogen-bond donors (Lipinski definition) is 3. The molecule has 0 spiro atoms. The van der Waals surface area contributed by atoms with Crippen LogP contribution in [0.1, 0.15) is 53.4 Å². The highest BCUT2D eigenvalue weighted by atomic mass is 19.4. The van der Waals surface area contributed by atoms with Gasteiger partial charge in [0.15, 0.2) is 0 Å². The van der Waals surface area contributed by atoms with Crippen molar-refractivity contribution in [1.82, 2.24) is 15.1 Å². The fourth-order valence-electron chi connectivity index (χ4n) is 3.25. The number of nitrogens with one attached hydrogen (secondary N) is 1. The average Bonchev–Trinajstić information content (AvgIpc) is 3.11. The van der Waals surface area contributed by atoms with Crippen molar-refractivity contribution < 1.29 is 18.0 Å². The number of benzene rings is 1. The number of hydrogen-bond acceptors (Lipinski definition) is 5. The van der Waals surface area contributed by atoms with Crippen LogP contribution >= 0.6 is 0 Å². The van der Waals surface area contributed by atoms with Crippen molar-refractivity contribution in [2.45, 2.75) is 39.3 Å². The molecule has 1 heterocycles. The van der Waals surface area contributed by atoms with Crippen molar-refractivity contribution in [3.8, 4) is 0 Å². The highest BCUT2D eigenvalue weighted by Gasteiger charge is 2.30. The van der Waals surface area contributed by atoms with Crippen LogP contribution in [0.3, 0.4) is 0 Å². The maximum atomic E-state index is 12.9. The van der Waals surface area contributed by atoms with Gasteiger partial charge in [0.1, 0.15) is 5.82 Å². The predicted octanol–water partition coefficient (Wildman–Crippen LogP) is 4.03. The van der Waals surface area contributed by atoms with E-state index >= 15 is 0 Å². The quantitative estimate of drug-likeness (QED) is 0.489. The van der Waals surface area contributed by atoms with Crippen molar-refractivity contribution >= 4 is 17.9 Å². The summed E-state index contributed by atoms with van der Waals surface area (Å²) in [7, 11) is 0. The second-order valence-corrected chi connectivity index (χ2v) is 8.14. The molecule has 7 nitrogen and oxygen atoms in total. The van der Waals surface area contributed by atoms with Gasteiger partial charge in [0.05, 0.1) is 23.0 Å². The third-order valence-electron chi connectivity index (χ3n) is 4.83. The van der Waals surface area contributed by atoms with Gasteiger partial charge < -0.3 is 16.8 Å². The summed E-state index contributed by atoms with van der Waals surface area (Å²) in [4.78, 5) is 16.7. The summed E-state index contributed by atoms with van der Waals surface area (Å²) >= 11 is 0. The standard InChI is InChI=1S/C23H29F3N6O/c1-14(2)9-18(17-5-7-19(8-6-17)23(24,25)26)11-30-22(33)20-13-32(31-16(20)4)21(28)12-29-10-15(3)27/h5-8,10,12-14,18H,3,9,11,27-28H2,1-2,4H3,(H,30,33)/b21-12+,29-10-. The normalized spacial score (nSPS) is 13.5. The van der Waals surface area contributed by atoms with Crippen molar-refractivity contribution in [3.05, 3.63) is 71.3 Å². The van der Waals surface area contributed by atoms with Crippen molar-refractivity contribution in [1.29, 1.82) is 0 Å². The molecule has 5 N–H and O–H groups in total. The second kappa shape index (κ2) is 10.8. The molecule has 33 heavy (non-hydrogen) atoms. The fourth-order valence-corrected chi connectivity index (χ4v) is 3.25. The molecule has 0 saturated carbocycles. The maximum Gasteiger partial charge on any atom is 0.416 e. The number of aryl methyl sites for hydroxylation is 1. The van der Waals surface area contributed by atoms with Crippen LogP contribution in [0.15, 0.2) is 53.9 Å². The number of carbonyl (C=O) groups excluding carboxylic acids is 1. The summed E-state index contributed by atoms with van der Waals surface area (Å²) in [5, 5.41) is 7.09. The summed E-state index contributed by atoms with van der Waals surface area (Å²) in [5.41, 5.74) is 12.4. The zero-order valence-electron chi connectivity index (χ0n) is 18.9. The second-order valence-electron chi connectivity index (χ2n) is 8.14. The number of nitrogens with zero attached hydrogens (tertiary/aromatic N) is 3. The molecule has 0 saturated heterocycles. The summed E-state index contributed by atoms with van der Waals surface area (Å²) in [6.07, 6.45) is 0.448. The Hall–Kier alpha value is -3.56. The zero-order valence-corrected chi connectivity index (χ0v) is 18.9. The number of halogens is 3. The zero-order chi connectivity index (χ0) is 24.8. The molecular formula is C23H29F3N6O. The SMILES string of the molecule is C=C(N)/C=N\C=C(/N)n1cc(C(=O)NCC(CC(C)C)c2ccc(C(F)(F)F)cc2)c(C)n1. The van der Waals surface area contributed by atoms with E-state index in [0.717, 1.165) is 17.7 Å². The highest BCUT2D eigenvalue weighted by molar-refractivity contribution is 5.95. The van der Waals surface area contributed by atoms with Gasteiger partial charge in [-0.15, -0.1) is 0 Å². The van der Waals surface area contributed by atoms with Gasteiger partial charge in [-0.25, -0.2) is 4.68 Å². The first-order chi connectivity index (χ1) is 15.4. The van der Waals surface area contributed by atoms with Gasteiger partial charge in [-0.2, -0.15) is 18.3 Å². The molecule has 1 amide bonds. The van der Waals surface area contributed by atoms with E-state index in [-0.39, 0.29) is 35.8 Å². The predicted molar refractivity (Wildman–Crippen MR) is 123 cm³/mol. The first-order valence-corrected chi connectivity index (χ1v) is 10.3. The molecule has 1 atom stereocenters. The number of amides is 1. The molecule has 0 aliphatic carbocycles. The minimum absolute atomic E-state index is 0.143. The topological polar surface area (TPSA) is 111 Å². The van der Waals surface area contributed by atoms with Crippen LogP contribution < -0.4 is 16.8 Å². The van der Waals surface area contributed by atoms with E-state index in [1.165, 1.54) is 35.4 Å². The molecule has 0 radical (unpaired) electrons. The number of carbonyl (C=O) groups is 1. The molecular weight excluding hydrogens is 433 g/mol. The van der Waals surface area contributed by atoms with E-state index in [1.54, 1.807) is 6.92 Å². The Labute approximate surface area is 191 Å². The van der Waals surface area contributed by atoms with Crippen LogP contribution in [-0.4, -0.2) is 28.4 Å². The van der Waals surface area contributed by atoms with Crippen molar-refractivity contribution in [2.24, 2.45) is 22.4 Å². The van der Waals surface area contributed by atoms with E-state index in [9.17, 15) is 18.0 Å². The third kappa shape index (κ3) is 7.51. The largest absolute Gasteiger partial charge is 0.416 e. The Bertz CT molecular complexity index is 1040. The Kier molecular flexibility index (Phi) is 8.44.